The Morgan fingerprint density at radius 1 is 1.05 bits per heavy atom. The van der Waals surface area contributed by atoms with E-state index in [1.807, 2.05) is 0 Å². The lowest BCUT2D eigenvalue weighted by molar-refractivity contribution is 0.0730. The summed E-state index contributed by atoms with van der Waals surface area (Å²) >= 11 is 0. The minimum atomic E-state index is -0.805. The molecule has 1 N–H and O–H groups in total. The maximum Gasteiger partial charge on any atom is 0.351 e. The molecule has 5 heteroatoms. The first-order chi connectivity index (χ1) is 10.1. The average Bonchev–Trinajstić information content (AvgIpc) is 2.48. The van der Waals surface area contributed by atoms with Gasteiger partial charge in [-0.25, -0.2) is 9.59 Å². The van der Waals surface area contributed by atoms with Gasteiger partial charge in [0, 0.05) is 5.39 Å². The molecule has 104 valence electrons. The number of hydrogen-bond donors (Lipinski definition) is 1. The van der Waals surface area contributed by atoms with Crippen LogP contribution in [0.1, 0.15) is 10.4 Å². The number of rotatable bonds is 2. The van der Waals surface area contributed by atoms with Crippen LogP contribution in [-0.4, -0.2) is 11.1 Å². The third-order valence-corrected chi connectivity index (χ3v) is 2.89. The van der Waals surface area contributed by atoms with Crippen molar-refractivity contribution in [3.8, 4) is 11.5 Å². The second-order valence-electron chi connectivity index (χ2n) is 4.37. The molecule has 0 saturated heterocycles. The predicted octanol–water partition coefficient (Wildman–Crippen LogP) is 2.72. The van der Waals surface area contributed by atoms with Crippen LogP contribution in [0, 0.1) is 0 Å². The Morgan fingerprint density at radius 3 is 2.57 bits per heavy atom. The van der Waals surface area contributed by atoms with E-state index < -0.39 is 11.6 Å². The molecule has 0 aliphatic heterocycles. The Labute approximate surface area is 119 Å². The van der Waals surface area contributed by atoms with E-state index in [0.29, 0.717) is 11.1 Å². The van der Waals surface area contributed by atoms with Crippen molar-refractivity contribution in [2.45, 2.75) is 0 Å². The molecule has 0 aliphatic carbocycles. The summed E-state index contributed by atoms with van der Waals surface area (Å²) in [5.41, 5.74) is -0.722. The molecule has 5 nitrogen and oxygen atoms in total. The van der Waals surface area contributed by atoms with Crippen LogP contribution in [0.15, 0.2) is 63.8 Å². The summed E-state index contributed by atoms with van der Waals surface area (Å²) in [7, 11) is 0. The van der Waals surface area contributed by atoms with Crippen LogP contribution in [0.3, 0.4) is 0 Å². The van der Waals surface area contributed by atoms with Gasteiger partial charge in [0.2, 0.25) is 0 Å². The Hall–Kier alpha value is -3.08. The fraction of sp³-hybridized carbons (Fsp3) is 0. The van der Waals surface area contributed by atoms with Gasteiger partial charge in [-0.15, -0.1) is 0 Å². The van der Waals surface area contributed by atoms with E-state index in [0.717, 1.165) is 0 Å². The van der Waals surface area contributed by atoms with Gasteiger partial charge in [-0.3, -0.25) is 0 Å². The van der Waals surface area contributed by atoms with E-state index in [2.05, 4.69) is 0 Å². The van der Waals surface area contributed by atoms with Gasteiger partial charge < -0.3 is 14.3 Å². The van der Waals surface area contributed by atoms with Crippen molar-refractivity contribution in [2.75, 3.05) is 0 Å². The van der Waals surface area contributed by atoms with Crippen molar-refractivity contribution < 1.29 is 19.1 Å². The highest BCUT2D eigenvalue weighted by Crippen LogP contribution is 2.20. The molecule has 0 unspecified atom stereocenters. The minimum Gasteiger partial charge on any atom is -0.508 e. The molecule has 0 atom stereocenters. The van der Waals surface area contributed by atoms with Gasteiger partial charge in [-0.1, -0.05) is 18.2 Å². The molecule has 1 aromatic heterocycles. The molecule has 0 bridgehead atoms. The quantitative estimate of drug-likeness (QED) is 0.444. The molecule has 3 rings (SSSR count). The van der Waals surface area contributed by atoms with Crippen LogP contribution >= 0.6 is 0 Å². The van der Waals surface area contributed by atoms with E-state index >= 15 is 0 Å². The molecule has 0 spiro atoms. The topological polar surface area (TPSA) is 76.7 Å². The van der Waals surface area contributed by atoms with Crippen LogP contribution in [-0.2, 0) is 0 Å². The van der Waals surface area contributed by atoms with E-state index in [-0.39, 0.29) is 16.9 Å². The maximum atomic E-state index is 12.0. The lowest BCUT2D eigenvalue weighted by atomic mass is 10.2. The summed E-state index contributed by atoms with van der Waals surface area (Å²) in [6.07, 6.45) is 0. The molecule has 1 heterocycles. The fourth-order valence-electron chi connectivity index (χ4n) is 1.90. The molecule has 0 radical (unpaired) electrons. The Morgan fingerprint density at radius 2 is 1.81 bits per heavy atom. The largest absolute Gasteiger partial charge is 0.508 e. The number of fused-ring (bicyclic) bond motifs is 1. The lowest BCUT2D eigenvalue weighted by Crippen LogP contribution is -2.18. The second kappa shape index (κ2) is 5.13. The van der Waals surface area contributed by atoms with Crippen LogP contribution in [0.2, 0.25) is 0 Å². The Balaban J connectivity index is 2.01. The normalized spacial score (nSPS) is 10.5. The van der Waals surface area contributed by atoms with E-state index in [1.54, 1.807) is 30.3 Å². The van der Waals surface area contributed by atoms with Gasteiger partial charge >= 0.3 is 11.6 Å². The SMILES string of the molecule is O=C(Oc1ccccc1)c1cc2cc(O)ccc2oc1=O. The molecule has 0 amide bonds. The molecule has 2 aromatic carbocycles. The number of phenols is 1. The molecule has 0 fully saturated rings. The van der Waals surface area contributed by atoms with Crippen molar-refractivity contribution in [1.82, 2.24) is 0 Å². The zero-order valence-electron chi connectivity index (χ0n) is 10.8. The van der Waals surface area contributed by atoms with Crippen molar-refractivity contribution in [3.05, 3.63) is 70.6 Å². The Kier molecular flexibility index (Phi) is 3.16. The molecular weight excluding hydrogens is 272 g/mol. The third kappa shape index (κ3) is 2.62. The molecule has 3 aromatic rings. The predicted molar refractivity (Wildman–Crippen MR) is 75.5 cm³/mol. The first-order valence-electron chi connectivity index (χ1n) is 6.17. The van der Waals surface area contributed by atoms with Crippen LogP contribution in [0.5, 0.6) is 11.5 Å². The number of para-hydroxylation sites is 1. The first-order valence-corrected chi connectivity index (χ1v) is 6.17. The minimum absolute atomic E-state index is 0.0127. The van der Waals surface area contributed by atoms with Crippen molar-refractivity contribution in [2.24, 2.45) is 0 Å². The van der Waals surface area contributed by atoms with Gasteiger partial charge in [-0.2, -0.15) is 0 Å². The summed E-state index contributed by atoms with van der Waals surface area (Å²) in [5.74, 6) is -0.461. The fourth-order valence-corrected chi connectivity index (χ4v) is 1.90. The maximum absolute atomic E-state index is 12.0. The van der Waals surface area contributed by atoms with Gasteiger partial charge in [-0.05, 0) is 36.4 Å². The smallest absolute Gasteiger partial charge is 0.351 e. The summed E-state index contributed by atoms with van der Waals surface area (Å²) in [6, 6.07) is 14.0. The number of carbonyl (C=O) groups excluding carboxylic acids is 1. The number of esters is 1. The molecular formula is C16H10O5. The number of phenolic OH excluding ortho intramolecular Hbond substituents is 1. The number of hydrogen-bond acceptors (Lipinski definition) is 5. The van der Waals surface area contributed by atoms with E-state index in [9.17, 15) is 14.7 Å². The molecule has 0 saturated carbocycles. The van der Waals surface area contributed by atoms with Gasteiger partial charge in [0.15, 0.2) is 0 Å². The summed E-state index contributed by atoms with van der Waals surface area (Å²) in [4.78, 5) is 23.8. The van der Waals surface area contributed by atoms with Crippen molar-refractivity contribution >= 4 is 16.9 Å². The standard InChI is InChI=1S/C16H10O5/c17-11-6-7-14-10(8-11)9-13(16(19)21-14)15(18)20-12-4-2-1-3-5-12/h1-9,17H. The second-order valence-corrected chi connectivity index (χ2v) is 4.37. The van der Waals surface area contributed by atoms with Gasteiger partial charge in [0.1, 0.15) is 22.6 Å². The lowest BCUT2D eigenvalue weighted by Gasteiger charge is -2.04. The number of aromatic hydroxyl groups is 1. The highest BCUT2D eigenvalue weighted by atomic mass is 16.5. The number of benzene rings is 2. The number of carbonyl (C=O) groups is 1. The van der Waals surface area contributed by atoms with Crippen LogP contribution < -0.4 is 10.4 Å². The summed E-state index contributed by atoms with van der Waals surface area (Å²) in [5, 5.41) is 9.87. The third-order valence-electron chi connectivity index (χ3n) is 2.89. The van der Waals surface area contributed by atoms with Gasteiger partial charge in [0.25, 0.3) is 0 Å². The zero-order chi connectivity index (χ0) is 14.8. The monoisotopic (exact) mass is 282 g/mol. The summed E-state index contributed by atoms with van der Waals surface area (Å²) < 4.78 is 10.1. The highest BCUT2D eigenvalue weighted by Gasteiger charge is 2.16. The van der Waals surface area contributed by atoms with Crippen molar-refractivity contribution in [1.29, 1.82) is 0 Å². The van der Waals surface area contributed by atoms with Crippen LogP contribution in [0.25, 0.3) is 11.0 Å². The Bertz CT molecular complexity index is 865. The molecule has 21 heavy (non-hydrogen) atoms. The highest BCUT2D eigenvalue weighted by molar-refractivity contribution is 5.94. The molecule has 0 aliphatic rings. The zero-order valence-corrected chi connectivity index (χ0v) is 10.8. The van der Waals surface area contributed by atoms with E-state index in [4.69, 9.17) is 9.15 Å². The van der Waals surface area contributed by atoms with Crippen molar-refractivity contribution in [3.63, 3.8) is 0 Å². The first kappa shape index (κ1) is 12.9. The average molecular weight is 282 g/mol. The van der Waals surface area contributed by atoms with E-state index in [1.165, 1.54) is 24.3 Å². The summed E-state index contributed by atoms with van der Waals surface area (Å²) in [6.45, 7) is 0. The van der Waals surface area contributed by atoms with Crippen LogP contribution in [0.4, 0.5) is 0 Å². The van der Waals surface area contributed by atoms with Gasteiger partial charge in [0.05, 0.1) is 0 Å². The number of ether oxygens (including phenoxy) is 1.